The van der Waals surface area contributed by atoms with Crippen LogP contribution in [-0.2, 0) is 20.4 Å². The second kappa shape index (κ2) is 13.3. The molecule has 0 aliphatic carbocycles. The number of unbranched alkanes of at least 4 members (excludes halogenated alkanes) is 1. The number of nitrogens with one attached hydrogen (secondary N) is 2. The Morgan fingerprint density at radius 2 is 1.84 bits per heavy atom. The van der Waals surface area contributed by atoms with E-state index in [4.69, 9.17) is 4.42 Å². The molecule has 0 unspecified atom stereocenters. The number of aromatic nitrogens is 1. The molecule has 1 aliphatic rings. The van der Waals surface area contributed by atoms with Gasteiger partial charge in [-0.15, -0.1) is 0 Å². The van der Waals surface area contributed by atoms with Gasteiger partial charge in [0.2, 0.25) is 11.8 Å². The van der Waals surface area contributed by atoms with E-state index in [1.54, 1.807) is 12.1 Å². The number of fused-ring (bicyclic) bond motifs is 1. The third-order valence-corrected chi connectivity index (χ3v) is 8.72. The van der Waals surface area contributed by atoms with Crippen molar-refractivity contribution in [3.05, 3.63) is 66.1 Å². The van der Waals surface area contributed by atoms with Crippen molar-refractivity contribution in [2.45, 2.75) is 56.0 Å². The minimum atomic E-state index is -3.52. The summed E-state index contributed by atoms with van der Waals surface area (Å²) >= 11 is 0. The van der Waals surface area contributed by atoms with Gasteiger partial charge in [-0.05, 0) is 69.9 Å². The Morgan fingerprint density at radius 1 is 1.13 bits per heavy atom. The summed E-state index contributed by atoms with van der Waals surface area (Å²) in [5, 5.41) is 16.7. The molecule has 2 atom stereocenters. The Labute approximate surface area is 224 Å². The Bertz CT molecular complexity index is 1240. The van der Waals surface area contributed by atoms with Crippen LogP contribution in [-0.4, -0.2) is 73.8 Å². The van der Waals surface area contributed by atoms with Crippen molar-refractivity contribution < 1.29 is 22.7 Å². The number of oxazole rings is 1. The summed E-state index contributed by atoms with van der Waals surface area (Å²) in [6, 6.07) is 15.8. The molecule has 2 heterocycles. The number of para-hydroxylation sites is 2. The molecule has 3 aromatic rings. The summed E-state index contributed by atoms with van der Waals surface area (Å²) in [6.07, 6.45) is 2.66. The van der Waals surface area contributed by atoms with Gasteiger partial charge < -0.3 is 20.2 Å². The minimum Gasteiger partial charge on any atom is -0.438 e. The number of hydrogen-bond acceptors (Lipinski definition) is 8. The van der Waals surface area contributed by atoms with Crippen LogP contribution < -0.4 is 10.6 Å². The SMILES string of the molecule is CN(C1CCNCC1)[C@@H](CS(=O)(=O)Cc1ccccc1)C(=O)NCCCC[C@H](O)c1nc2ccccc2o1. The Kier molecular flexibility index (Phi) is 9.90. The number of aliphatic hydroxyl groups excluding tert-OH is 1. The Morgan fingerprint density at radius 3 is 2.58 bits per heavy atom. The van der Waals surface area contributed by atoms with E-state index in [-0.39, 0.29) is 23.5 Å². The average Bonchev–Trinajstić information content (AvgIpc) is 3.36. The van der Waals surface area contributed by atoms with E-state index in [0.29, 0.717) is 48.4 Å². The molecule has 0 radical (unpaired) electrons. The molecule has 3 N–H and O–H groups in total. The monoisotopic (exact) mass is 542 g/mol. The van der Waals surface area contributed by atoms with Crippen molar-refractivity contribution in [3.63, 3.8) is 0 Å². The van der Waals surface area contributed by atoms with Crippen molar-refractivity contribution in [1.29, 1.82) is 0 Å². The van der Waals surface area contributed by atoms with Crippen molar-refractivity contribution in [1.82, 2.24) is 20.5 Å². The van der Waals surface area contributed by atoms with E-state index in [1.807, 2.05) is 54.4 Å². The molecule has 1 amide bonds. The molecule has 0 spiro atoms. The number of hydrogen-bond donors (Lipinski definition) is 3. The quantitative estimate of drug-likeness (QED) is 0.282. The summed E-state index contributed by atoms with van der Waals surface area (Å²) < 4.78 is 31.8. The van der Waals surface area contributed by atoms with Gasteiger partial charge in [0.05, 0.1) is 11.5 Å². The summed E-state index contributed by atoms with van der Waals surface area (Å²) in [7, 11) is -1.66. The van der Waals surface area contributed by atoms with E-state index < -0.39 is 22.0 Å². The van der Waals surface area contributed by atoms with Crippen LogP contribution in [0.25, 0.3) is 11.1 Å². The maximum absolute atomic E-state index is 13.3. The van der Waals surface area contributed by atoms with E-state index in [2.05, 4.69) is 15.6 Å². The number of amides is 1. The topological polar surface area (TPSA) is 125 Å². The van der Waals surface area contributed by atoms with Crippen molar-refractivity contribution in [3.8, 4) is 0 Å². The number of benzene rings is 2. The molecule has 1 aliphatic heterocycles. The highest BCUT2D eigenvalue weighted by molar-refractivity contribution is 7.90. The number of piperidine rings is 1. The van der Waals surface area contributed by atoms with Crippen LogP contribution >= 0.6 is 0 Å². The first-order valence-corrected chi connectivity index (χ1v) is 15.1. The summed E-state index contributed by atoms with van der Waals surface area (Å²) in [4.78, 5) is 19.5. The highest BCUT2D eigenvalue weighted by atomic mass is 32.2. The van der Waals surface area contributed by atoms with Gasteiger partial charge in [0.25, 0.3) is 0 Å². The van der Waals surface area contributed by atoms with Crippen molar-refractivity contribution >= 4 is 26.8 Å². The van der Waals surface area contributed by atoms with Crippen molar-refractivity contribution in [2.75, 3.05) is 32.4 Å². The highest BCUT2D eigenvalue weighted by Gasteiger charge is 2.33. The Balaban J connectivity index is 1.30. The van der Waals surface area contributed by atoms with E-state index >= 15 is 0 Å². The molecule has 1 aromatic heterocycles. The number of carbonyl (C=O) groups excluding carboxylic acids is 1. The molecular formula is C28H38N4O5S. The second-order valence-electron chi connectivity index (χ2n) is 10.0. The average molecular weight is 543 g/mol. The van der Waals surface area contributed by atoms with E-state index in [9.17, 15) is 18.3 Å². The summed E-state index contributed by atoms with van der Waals surface area (Å²) in [6.45, 7) is 2.10. The summed E-state index contributed by atoms with van der Waals surface area (Å²) in [5.74, 6) is -0.305. The molecule has 10 heteroatoms. The van der Waals surface area contributed by atoms with E-state index in [1.165, 1.54) is 0 Å². The molecule has 2 aromatic carbocycles. The normalized spacial score (nSPS) is 16.5. The van der Waals surface area contributed by atoms with Crippen LogP contribution in [0.3, 0.4) is 0 Å². The lowest BCUT2D eigenvalue weighted by atomic mass is 10.0. The number of likely N-dealkylation sites (N-methyl/N-ethyl adjacent to an activating group) is 1. The molecule has 4 rings (SSSR count). The van der Waals surface area contributed by atoms with Gasteiger partial charge in [-0.1, -0.05) is 42.5 Å². The minimum absolute atomic E-state index is 0.0919. The van der Waals surface area contributed by atoms with Gasteiger partial charge in [-0.25, -0.2) is 13.4 Å². The lowest BCUT2D eigenvalue weighted by molar-refractivity contribution is -0.126. The number of carbonyl (C=O) groups is 1. The van der Waals surface area contributed by atoms with Crippen LogP contribution in [0.4, 0.5) is 0 Å². The maximum Gasteiger partial charge on any atom is 0.238 e. The lowest BCUT2D eigenvalue weighted by Crippen LogP contribution is -2.54. The number of aliphatic hydroxyl groups is 1. The van der Waals surface area contributed by atoms with Crippen LogP contribution in [0.5, 0.6) is 0 Å². The molecule has 1 saturated heterocycles. The van der Waals surface area contributed by atoms with Gasteiger partial charge in [0.15, 0.2) is 15.4 Å². The van der Waals surface area contributed by atoms with Crippen LogP contribution in [0.15, 0.2) is 59.0 Å². The molecule has 9 nitrogen and oxygen atoms in total. The fourth-order valence-corrected chi connectivity index (χ4v) is 6.61. The first kappa shape index (κ1) is 28.2. The van der Waals surface area contributed by atoms with Gasteiger partial charge >= 0.3 is 0 Å². The second-order valence-corrected chi connectivity index (χ2v) is 12.1. The zero-order chi connectivity index (χ0) is 27.0. The summed E-state index contributed by atoms with van der Waals surface area (Å²) in [5.41, 5.74) is 2.06. The molecular weight excluding hydrogens is 504 g/mol. The highest BCUT2D eigenvalue weighted by Crippen LogP contribution is 2.23. The zero-order valence-corrected chi connectivity index (χ0v) is 22.7. The standard InChI is InChI=1S/C28H38N4O5S/c1-32(22-14-17-29-18-15-22)24(20-38(35,36)19-21-9-3-2-4-10-21)27(34)30-16-8-7-12-25(33)28-31-23-11-5-6-13-26(23)37-28/h2-6,9-11,13,22,24-25,29,33H,7-8,12,14-20H2,1H3,(H,30,34)/t24-,25-/m0/s1. The molecule has 1 fully saturated rings. The zero-order valence-electron chi connectivity index (χ0n) is 21.9. The predicted molar refractivity (Wildman–Crippen MR) is 147 cm³/mol. The first-order chi connectivity index (χ1) is 18.3. The van der Waals surface area contributed by atoms with Gasteiger partial charge in [-0.2, -0.15) is 0 Å². The predicted octanol–water partition coefficient (Wildman–Crippen LogP) is 2.82. The van der Waals surface area contributed by atoms with Crippen LogP contribution in [0, 0.1) is 0 Å². The fourth-order valence-electron chi connectivity index (χ4n) is 4.92. The molecule has 38 heavy (non-hydrogen) atoms. The third kappa shape index (κ3) is 7.86. The third-order valence-electron chi connectivity index (χ3n) is 7.12. The van der Waals surface area contributed by atoms with Crippen LogP contribution in [0.2, 0.25) is 0 Å². The van der Waals surface area contributed by atoms with Gasteiger partial charge in [-0.3, -0.25) is 9.69 Å². The Hall–Kier alpha value is -2.79. The van der Waals surface area contributed by atoms with Crippen LogP contribution in [0.1, 0.15) is 49.7 Å². The largest absolute Gasteiger partial charge is 0.438 e. The molecule has 0 saturated carbocycles. The van der Waals surface area contributed by atoms with E-state index in [0.717, 1.165) is 25.9 Å². The smallest absolute Gasteiger partial charge is 0.238 e. The van der Waals surface area contributed by atoms with Gasteiger partial charge in [0, 0.05) is 12.6 Å². The number of nitrogens with zero attached hydrogens (tertiary/aromatic N) is 2. The van der Waals surface area contributed by atoms with Gasteiger partial charge in [0.1, 0.15) is 17.7 Å². The molecule has 0 bridgehead atoms. The maximum atomic E-state index is 13.3. The lowest BCUT2D eigenvalue weighted by Gasteiger charge is -2.36. The van der Waals surface area contributed by atoms with Crippen molar-refractivity contribution in [2.24, 2.45) is 0 Å². The first-order valence-electron chi connectivity index (χ1n) is 13.3. The number of rotatable bonds is 13. The number of sulfone groups is 1. The fraction of sp³-hybridized carbons (Fsp3) is 0.500. The molecule has 206 valence electrons.